The molecule has 0 aliphatic rings. The van der Waals surface area contributed by atoms with Crippen molar-refractivity contribution in [1.82, 2.24) is 5.32 Å². The molecule has 0 aliphatic carbocycles. The smallest absolute Gasteiger partial charge is 0.407 e. The number of rotatable bonds is 4. The minimum absolute atomic E-state index is 0.259. The van der Waals surface area contributed by atoms with Crippen LogP contribution >= 0.6 is 0 Å². The monoisotopic (exact) mass is 283 g/mol. The molecule has 0 aromatic heterocycles. The van der Waals surface area contributed by atoms with Crippen molar-refractivity contribution in [2.45, 2.75) is 51.9 Å². The van der Waals surface area contributed by atoms with Gasteiger partial charge in [-0.25, -0.2) is 9.18 Å². The van der Waals surface area contributed by atoms with E-state index in [-0.39, 0.29) is 11.9 Å². The number of aliphatic hydroxyl groups is 1. The third-order valence-corrected chi connectivity index (χ3v) is 2.59. The van der Waals surface area contributed by atoms with Crippen molar-refractivity contribution in [3.05, 3.63) is 35.6 Å². The molecule has 0 radical (unpaired) electrons. The molecule has 1 amide bonds. The fourth-order valence-electron chi connectivity index (χ4n) is 1.72. The van der Waals surface area contributed by atoms with Gasteiger partial charge in [0.2, 0.25) is 0 Å². The van der Waals surface area contributed by atoms with Crippen LogP contribution < -0.4 is 5.32 Å². The van der Waals surface area contributed by atoms with Gasteiger partial charge < -0.3 is 15.2 Å². The fraction of sp³-hybridized carbons (Fsp3) is 0.533. The number of amides is 1. The van der Waals surface area contributed by atoms with E-state index in [1.165, 1.54) is 24.3 Å². The molecular formula is C15H22FNO3. The van der Waals surface area contributed by atoms with E-state index < -0.39 is 17.8 Å². The third kappa shape index (κ3) is 6.02. The van der Waals surface area contributed by atoms with Crippen LogP contribution in [0, 0.1) is 5.82 Å². The number of halogens is 1. The van der Waals surface area contributed by atoms with Crippen molar-refractivity contribution in [3.63, 3.8) is 0 Å². The molecule has 0 spiro atoms. The SMILES string of the molecule is CC(CC(O)c1ccc(F)cc1)NC(=O)OC(C)(C)C. The Labute approximate surface area is 119 Å². The van der Waals surface area contributed by atoms with Crippen LogP contribution in [0.1, 0.15) is 45.8 Å². The van der Waals surface area contributed by atoms with Gasteiger partial charge in [-0.05, 0) is 51.8 Å². The highest BCUT2D eigenvalue weighted by molar-refractivity contribution is 5.68. The highest BCUT2D eigenvalue weighted by Crippen LogP contribution is 2.18. The van der Waals surface area contributed by atoms with E-state index in [2.05, 4.69) is 5.32 Å². The summed E-state index contributed by atoms with van der Waals surface area (Å²) in [7, 11) is 0. The fourth-order valence-corrected chi connectivity index (χ4v) is 1.72. The van der Waals surface area contributed by atoms with Crippen molar-refractivity contribution in [2.75, 3.05) is 0 Å². The predicted octanol–water partition coefficient (Wildman–Crippen LogP) is 3.16. The number of carbonyl (C=O) groups is 1. The highest BCUT2D eigenvalue weighted by Gasteiger charge is 2.19. The van der Waals surface area contributed by atoms with Crippen LogP contribution in [0.15, 0.2) is 24.3 Å². The van der Waals surface area contributed by atoms with E-state index in [0.717, 1.165) is 0 Å². The Morgan fingerprint density at radius 1 is 1.35 bits per heavy atom. The Kier molecular flexibility index (Phi) is 5.51. The third-order valence-electron chi connectivity index (χ3n) is 2.59. The second-order valence-electron chi connectivity index (χ2n) is 5.85. The molecule has 0 bridgehead atoms. The minimum Gasteiger partial charge on any atom is -0.444 e. The number of nitrogens with one attached hydrogen (secondary N) is 1. The lowest BCUT2D eigenvalue weighted by Gasteiger charge is -2.23. The van der Waals surface area contributed by atoms with E-state index in [1.807, 2.05) is 0 Å². The molecule has 1 aromatic carbocycles. The maximum absolute atomic E-state index is 12.8. The molecule has 112 valence electrons. The lowest BCUT2D eigenvalue weighted by atomic mass is 10.0. The number of alkyl carbamates (subject to hydrolysis) is 1. The first kappa shape index (κ1) is 16.4. The summed E-state index contributed by atoms with van der Waals surface area (Å²) in [5.41, 5.74) is 0.0589. The maximum Gasteiger partial charge on any atom is 0.407 e. The van der Waals surface area contributed by atoms with Gasteiger partial charge in [-0.2, -0.15) is 0 Å². The summed E-state index contributed by atoms with van der Waals surface area (Å²) in [5.74, 6) is -0.346. The standard InChI is InChI=1S/C15H22FNO3/c1-10(17-14(19)20-15(2,3)4)9-13(18)11-5-7-12(16)8-6-11/h5-8,10,13,18H,9H2,1-4H3,(H,17,19). The zero-order chi connectivity index (χ0) is 15.3. The number of hydrogen-bond donors (Lipinski definition) is 2. The number of ether oxygens (including phenoxy) is 1. The van der Waals surface area contributed by atoms with E-state index >= 15 is 0 Å². The summed E-state index contributed by atoms with van der Waals surface area (Å²) < 4.78 is 17.9. The number of aliphatic hydroxyl groups excluding tert-OH is 1. The van der Waals surface area contributed by atoms with E-state index in [0.29, 0.717) is 12.0 Å². The van der Waals surface area contributed by atoms with Crippen molar-refractivity contribution >= 4 is 6.09 Å². The summed E-state index contributed by atoms with van der Waals surface area (Å²) in [5, 5.41) is 12.7. The van der Waals surface area contributed by atoms with Crippen LogP contribution in [0.4, 0.5) is 9.18 Å². The molecule has 0 heterocycles. The second-order valence-corrected chi connectivity index (χ2v) is 5.85. The summed E-state index contributed by atoms with van der Waals surface area (Å²) in [4.78, 5) is 11.6. The first-order valence-corrected chi connectivity index (χ1v) is 6.60. The van der Waals surface area contributed by atoms with E-state index in [1.54, 1.807) is 27.7 Å². The second kappa shape index (κ2) is 6.70. The summed E-state index contributed by atoms with van der Waals surface area (Å²) in [6, 6.07) is 5.39. The van der Waals surface area contributed by atoms with Crippen LogP contribution in [0.25, 0.3) is 0 Å². The van der Waals surface area contributed by atoms with Crippen LogP contribution in [-0.4, -0.2) is 22.8 Å². The van der Waals surface area contributed by atoms with Gasteiger partial charge in [0.25, 0.3) is 0 Å². The number of carbonyl (C=O) groups excluding carboxylic acids is 1. The minimum atomic E-state index is -0.763. The average Bonchev–Trinajstić information content (AvgIpc) is 2.26. The first-order chi connectivity index (χ1) is 9.17. The van der Waals surface area contributed by atoms with Gasteiger partial charge in [0, 0.05) is 6.04 Å². The largest absolute Gasteiger partial charge is 0.444 e. The van der Waals surface area contributed by atoms with Crippen LogP contribution in [-0.2, 0) is 4.74 Å². The molecule has 5 heteroatoms. The molecular weight excluding hydrogens is 261 g/mol. The molecule has 1 rings (SSSR count). The van der Waals surface area contributed by atoms with Gasteiger partial charge >= 0.3 is 6.09 Å². The molecule has 0 saturated heterocycles. The first-order valence-electron chi connectivity index (χ1n) is 6.60. The quantitative estimate of drug-likeness (QED) is 0.892. The number of benzene rings is 1. The van der Waals surface area contributed by atoms with Crippen molar-refractivity contribution in [1.29, 1.82) is 0 Å². The molecule has 0 saturated carbocycles. The Balaban J connectivity index is 2.47. The summed E-state index contributed by atoms with van der Waals surface area (Å²) in [6.07, 6.45) is -0.956. The normalized spacial score (nSPS) is 14.5. The Morgan fingerprint density at radius 3 is 2.40 bits per heavy atom. The van der Waals surface area contributed by atoms with Crippen LogP contribution in [0.5, 0.6) is 0 Å². The molecule has 0 aliphatic heterocycles. The van der Waals surface area contributed by atoms with Crippen LogP contribution in [0.2, 0.25) is 0 Å². The van der Waals surface area contributed by atoms with Crippen molar-refractivity contribution < 1.29 is 19.0 Å². The summed E-state index contributed by atoms with van der Waals surface area (Å²) in [6.45, 7) is 7.12. The Hall–Kier alpha value is -1.62. The number of hydrogen-bond acceptors (Lipinski definition) is 3. The lowest BCUT2D eigenvalue weighted by molar-refractivity contribution is 0.0489. The topological polar surface area (TPSA) is 58.6 Å². The van der Waals surface area contributed by atoms with Gasteiger partial charge in [-0.15, -0.1) is 0 Å². The zero-order valence-electron chi connectivity index (χ0n) is 12.3. The molecule has 0 fully saturated rings. The maximum atomic E-state index is 12.8. The molecule has 2 unspecified atom stereocenters. The lowest BCUT2D eigenvalue weighted by Crippen LogP contribution is -2.38. The van der Waals surface area contributed by atoms with Gasteiger partial charge in [-0.3, -0.25) is 0 Å². The van der Waals surface area contributed by atoms with E-state index in [4.69, 9.17) is 4.74 Å². The predicted molar refractivity (Wildman–Crippen MR) is 74.8 cm³/mol. The molecule has 2 N–H and O–H groups in total. The average molecular weight is 283 g/mol. The zero-order valence-corrected chi connectivity index (χ0v) is 12.3. The Morgan fingerprint density at radius 2 is 1.90 bits per heavy atom. The molecule has 1 aromatic rings. The van der Waals surface area contributed by atoms with Gasteiger partial charge in [0.05, 0.1) is 6.10 Å². The van der Waals surface area contributed by atoms with Gasteiger partial charge in [0.15, 0.2) is 0 Å². The summed E-state index contributed by atoms with van der Waals surface area (Å²) >= 11 is 0. The molecule has 2 atom stereocenters. The molecule has 4 nitrogen and oxygen atoms in total. The van der Waals surface area contributed by atoms with E-state index in [9.17, 15) is 14.3 Å². The van der Waals surface area contributed by atoms with Gasteiger partial charge in [-0.1, -0.05) is 12.1 Å². The Bertz CT molecular complexity index is 439. The molecule has 20 heavy (non-hydrogen) atoms. The van der Waals surface area contributed by atoms with Gasteiger partial charge in [0.1, 0.15) is 11.4 Å². The van der Waals surface area contributed by atoms with Crippen molar-refractivity contribution in [2.24, 2.45) is 0 Å². The highest BCUT2D eigenvalue weighted by atomic mass is 19.1. The van der Waals surface area contributed by atoms with Crippen molar-refractivity contribution in [3.8, 4) is 0 Å². The van der Waals surface area contributed by atoms with Crippen LogP contribution in [0.3, 0.4) is 0 Å².